The summed E-state index contributed by atoms with van der Waals surface area (Å²) in [6.07, 6.45) is 2.40. The van der Waals surface area contributed by atoms with Crippen LogP contribution in [-0.4, -0.2) is 5.11 Å². The van der Waals surface area contributed by atoms with Gasteiger partial charge in [0, 0.05) is 5.02 Å². The number of hydrogen-bond acceptors (Lipinski definition) is 1. The average Bonchev–Trinajstić information content (AvgIpc) is 2.18. The van der Waals surface area contributed by atoms with Crippen molar-refractivity contribution in [1.29, 1.82) is 0 Å². The van der Waals surface area contributed by atoms with Crippen molar-refractivity contribution < 1.29 is 5.11 Å². The Hall–Kier alpha value is -0.530. The highest BCUT2D eigenvalue weighted by molar-refractivity contribution is 6.31. The fourth-order valence-corrected chi connectivity index (χ4v) is 2.22. The minimum absolute atomic E-state index is 0.119. The summed E-state index contributed by atoms with van der Waals surface area (Å²) in [5, 5.41) is 10.9. The fourth-order valence-electron chi connectivity index (χ4n) is 1.94. The number of aliphatic hydroxyl groups is 1. The number of benzene rings is 1. The van der Waals surface area contributed by atoms with Crippen LogP contribution in [-0.2, 0) is 6.42 Å². The predicted molar refractivity (Wildman–Crippen MR) is 74.5 cm³/mol. The number of aryl methyl sites for hydroxylation is 1. The van der Waals surface area contributed by atoms with Crippen molar-refractivity contribution in [1.82, 2.24) is 0 Å². The van der Waals surface area contributed by atoms with Crippen LogP contribution in [0.1, 0.15) is 57.8 Å². The minimum Gasteiger partial charge on any atom is -0.388 e. The normalized spacial score (nSPS) is 13.8. The third-order valence-corrected chi connectivity index (χ3v) is 3.14. The second-order valence-corrected chi connectivity index (χ2v) is 6.29. The molecule has 0 bridgehead atoms. The zero-order chi connectivity index (χ0) is 13.1. The Morgan fingerprint density at radius 2 is 1.94 bits per heavy atom. The van der Waals surface area contributed by atoms with E-state index in [0.29, 0.717) is 0 Å². The van der Waals surface area contributed by atoms with E-state index in [0.717, 1.165) is 29.8 Å². The maximum absolute atomic E-state index is 10.1. The van der Waals surface area contributed by atoms with Gasteiger partial charge < -0.3 is 5.11 Å². The molecule has 0 spiro atoms. The summed E-state index contributed by atoms with van der Waals surface area (Å²) in [5.74, 6) is 0. The van der Waals surface area contributed by atoms with Gasteiger partial charge in [0.2, 0.25) is 0 Å². The van der Waals surface area contributed by atoms with Crippen LogP contribution in [0.2, 0.25) is 5.02 Å². The van der Waals surface area contributed by atoms with Crippen LogP contribution in [0.15, 0.2) is 18.2 Å². The van der Waals surface area contributed by atoms with Gasteiger partial charge in [0.05, 0.1) is 6.10 Å². The summed E-state index contributed by atoms with van der Waals surface area (Å²) in [6.45, 7) is 8.52. The summed E-state index contributed by atoms with van der Waals surface area (Å²) in [6, 6.07) is 5.93. The van der Waals surface area contributed by atoms with Gasteiger partial charge in [0.15, 0.2) is 0 Å². The fraction of sp³-hybridized carbons (Fsp3) is 0.600. The van der Waals surface area contributed by atoms with E-state index in [1.54, 1.807) is 0 Å². The van der Waals surface area contributed by atoms with Crippen molar-refractivity contribution in [3.8, 4) is 0 Å². The molecule has 0 aromatic heterocycles. The van der Waals surface area contributed by atoms with Crippen molar-refractivity contribution in [3.05, 3.63) is 34.3 Å². The molecule has 1 aromatic rings. The molecule has 0 radical (unpaired) electrons. The summed E-state index contributed by atoms with van der Waals surface area (Å²) in [4.78, 5) is 0. The lowest BCUT2D eigenvalue weighted by Crippen LogP contribution is -2.11. The quantitative estimate of drug-likeness (QED) is 0.821. The molecule has 1 aromatic carbocycles. The topological polar surface area (TPSA) is 20.2 Å². The standard InChI is InChI=1S/C15H23ClO/c1-5-6-11-7-8-12(9-13(11)16)14(17)10-15(2,3)4/h7-9,14,17H,5-6,10H2,1-4H3. The van der Waals surface area contributed by atoms with Gasteiger partial charge in [-0.1, -0.05) is 57.8 Å². The third-order valence-electron chi connectivity index (χ3n) is 2.79. The zero-order valence-corrected chi connectivity index (χ0v) is 12.0. The molecular weight excluding hydrogens is 232 g/mol. The smallest absolute Gasteiger partial charge is 0.0795 e. The van der Waals surface area contributed by atoms with E-state index in [2.05, 4.69) is 27.7 Å². The molecule has 0 amide bonds. The molecule has 1 nitrogen and oxygen atoms in total. The molecule has 2 heteroatoms. The molecule has 1 unspecified atom stereocenters. The van der Waals surface area contributed by atoms with Gasteiger partial charge in [-0.25, -0.2) is 0 Å². The Kier molecular flexibility index (Phi) is 5.03. The molecule has 0 aliphatic carbocycles. The first kappa shape index (κ1) is 14.5. The van der Waals surface area contributed by atoms with Gasteiger partial charge in [-0.15, -0.1) is 0 Å². The van der Waals surface area contributed by atoms with Gasteiger partial charge in [-0.05, 0) is 35.4 Å². The molecule has 0 saturated heterocycles. The second kappa shape index (κ2) is 5.88. The first-order valence-corrected chi connectivity index (χ1v) is 6.67. The van der Waals surface area contributed by atoms with Crippen molar-refractivity contribution in [2.45, 2.75) is 53.1 Å². The Morgan fingerprint density at radius 3 is 2.41 bits per heavy atom. The van der Waals surface area contributed by atoms with Crippen molar-refractivity contribution in [2.24, 2.45) is 5.41 Å². The van der Waals surface area contributed by atoms with Gasteiger partial charge in [0.25, 0.3) is 0 Å². The highest BCUT2D eigenvalue weighted by atomic mass is 35.5. The van der Waals surface area contributed by atoms with Crippen LogP contribution in [0.25, 0.3) is 0 Å². The van der Waals surface area contributed by atoms with Gasteiger partial charge in [-0.3, -0.25) is 0 Å². The molecule has 0 aliphatic heterocycles. The Balaban J connectivity index is 2.82. The van der Waals surface area contributed by atoms with E-state index in [9.17, 15) is 5.11 Å². The van der Waals surface area contributed by atoms with Crippen molar-refractivity contribution in [3.63, 3.8) is 0 Å². The monoisotopic (exact) mass is 254 g/mol. The first-order chi connectivity index (χ1) is 7.83. The lowest BCUT2D eigenvalue weighted by molar-refractivity contribution is 0.122. The number of aliphatic hydroxyl groups excluding tert-OH is 1. The summed E-state index contributed by atoms with van der Waals surface area (Å²) < 4.78 is 0. The molecule has 17 heavy (non-hydrogen) atoms. The van der Waals surface area contributed by atoms with E-state index in [4.69, 9.17) is 11.6 Å². The lowest BCUT2D eigenvalue weighted by atomic mass is 9.86. The lowest BCUT2D eigenvalue weighted by Gasteiger charge is -2.23. The minimum atomic E-state index is -0.428. The Bertz CT molecular complexity index is 366. The van der Waals surface area contributed by atoms with Crippen LogP contribution in [0, 0.1) is 5.41 Å². The summed E-state index contributed by atoms with van der Waals surface area (Å²) in [7, 11) is 0. The molecule has 1 rings (SSSR count). The largest absolute Gasteiger partial charge is 0.388 e. The van der Waals surface area contributed by atoms with Gasteiger partial charge >= 0.3 is 0 Å². The maximum atomic E-state index is 10.1. The van der Waals surface area contributed by atoms with E-state index in [1.165, 1.54) is 5.56 Å². The molecule has 0 fully saturated rings. The third kappa shape index (κ3) is 4.69. The molecular formula is C15H23ClO. The van der Waals surface area contributed by atoms with E-state index in [1.807, 2.05) is 18.2 Å². The van der Waals surface area contributed by atoms with Gasteiger partial charge in [-0.2, -0.15) is 0 Å². The Labute approximate surface area is 110 Å². The van der Waals surface area contributed by atoms with E-state index in [-0.39, 0.29) is 5.41 Å². The molecule has 0 saturated carbocycles. The van der Waals surface area contributed by atoms with E-state index >= 15 is 0 Å². The average molecular weight is 255 g/mol. The molecule has 0 heterocycles. The number of halogens is 1. The first-order valence-electron chi connectivity index (χ1n) is 6.30. The maximum Gasteiger partial charge on any atom is 0.0795 e. The summed E-state index contributed by atoms with van der Waals surface area (Å²) >= 11 is 6.21. The predicted octanol–water partition coefficient (Wildman–Crippen LogP) is 4.76. The Morgan fingerprint density at radius 1 is 1.29 bits per heavy atom. The van der Waals surface area contributed by atoms with Crippen LogP contribution < -0.4 is 0 Å². The van der Waals surface area contributed by atoms with Crippen LogP contribution >= 0.6 is 11.6 Å². The molecule has 1 N–H and O–H groups in total. The highest BCUT2D eigenvalue weighted by Gasteiger charge is 2.18. The van der Waals surface area contributed by atoms with Crippen LogP contribution in [0.5, 0.6) is 0 Å². The number of rotatable bonds is 4. The molecule has 1 atom stereocenters. The van der Waals surface area contributed by atoms with Gasteiger partial charge in [0.1, 0.15) is 0 Å². The molecule has 0 aliphatic rings. The van der Waals surface area contributed by atoms with E-state index < -0.39 is 6.10 Å². The van der Waals surface area contributed by atoms with Crippen LogP contribution in [0.3, 0.4) is 0 Å². The number of hydrogen-bond donors (Lipinski definition) is 1. The highest BCUT2D eigenvalue weighted by Crippen LogP contribution is 2.31. The second-order valence-electron chi connectivity index (χ2n) is 5.88. The zero-order valence-electron chi connectivity index (χ0n) is 11.3. The van der Waals surface area contributed by atoms with Crippen molar-refractivity contribution in [2.75, 3.05) is 0 Å². The van der Waals surface area contributed by atoms with Crippen LogP contribution in [0.4, 0.5) is 0 Å². The SMILES string of the molecule is CCCc1ccc(C(O)CC(C)(C)C)cc1Cl. The summed E-state index contributed by atoms with van der Waals surface area (Å²) in [5.41, 5.74) is 2.21. The molecule has 96 valence electrons. The van der Waals surface area contributed by atoms with Crippen molar-refractivity contribution >= 4 is 11.6 Å².